The summed E-state index contributed by atoms with van der Waals surface area (Å²) < 4.78 is 44.7. The highest BCUT2D eigenvalue weighted by Gasteiger charge is 2.27. The van der Waals surface area contributed by atoms with E-state index >= 15 is 0 Å². The highest BCUT2D eigenvalue weighted by Crippen LogP contribution is 2.30. The van der Waals surface area contributed by atoms with Gasteiger partial charge >= 0.3 is 0 Å². The van der Waals surface area contributed by atoms with Crippen molar-refractivity contribution in [3.63, 3.8) is 0 Å². The fourth-order valence-electron chi connectivity index (χ4n) is 3.05. The van der Waals surface area contributed by atoms with Gasteiger partial charge in [-0.1, -0.05) is 0 Å². The van der Waals surface area contributed by atoms with E-state index in [9.17, 15) is 0 Å². The molecule has 4 fully saturated rings. The number of hydrogen-bond acceptors (Lipinski definition) is 8. The Balaban J connectivity index is 1.28. The SMILES string of the molecule is c1c(COCC2CO2)cc(COCC2CO2)c(OCC2CO2)c1COCC1CO1. The molecule has 4 aliphatic heterocycles. The van der Waals surface area contributed by atoms with Gasteiger partial charge in [0.2, 0.25) is 0 Å². The summed E-state index contributed by atoms with van der Waals surface area (Å²) in [7, 11) is 0. The molecule has 0 spiro atoms. The van der Waals surface area contributed by atoms with E-state index in [1.54, 1.807) is 0 Å². The average Bonchev–Trinajstić information content (AvgIpc) is 3.54. The van der Waals surface area contributed by atoms with Crippen LogP contribution in [0.25, 0.3) is 0 Å². The lowest BCUT2D eigenvalue weighted by atomic mass is 10.0. The monoisotopic (exact) mass is 408 g/mol. The fourth-order valence-corrected chi connectivity index (χ4v) is 3.05. The van der Waals surface area contributed by atoms with Gasteiger partial charge in [-0.2, -0.15) is 0 Å². The minimum Gasteiger partial charge on any atom is -0.490 e. The maximum Gasteiger partial charge on any atom is 0.130 e. The van der Waals surface area contributed by atoms with Gasteiger partial charge < -0.3 is 37.9 Å². The van der Waals surface area contributed by atoms with Crippen LogP contribution >= 0.6 is 0 Å². The summed E-state index contributed by atoms with van der Waals surface area (Å²) >= 11 is 0. The van der Waals surface area contributed by atoms with Crippen molar-refractivity contribution in [1.82, 2.24) is 0 Å². The fraction of sp³-hybridized carbons (Fsp3) is 0.714. The maximum absolute atomic E-state index is 6.14. The molecule has 4 atom stereocenters. The Morgan fingerprint density at radius 1 is 0.621 bits per heavy atom. The van der Waals surface area contributed by atoms with E-state index in [0.717, 1.165) is 48.9 Å². The highest BCUT2D eigenvalue weighted by molar-refractivity contribution is 5.44. The first-order chi connectivity index (χ1) is 14.3. The van der Waals surface area contributed by atoms with E-state index in [1.165, 1.54) is 0 Å². The van der Waals surface area contributed by atoms with Gasteiger partial charge in [0, 0.05) is 11.1 Å². The number of ether oxygens (including phenoxy) is 8. The lowest BCUT2D eigenvalue weighted by Gasteiger charge is -2.18. The molecular formula is C21H28O8. The molecule has 8 heteroatoms. The van der Waals surface area contributed by atoms with Crippen molar-refractivity contribution in [2.24, 2.45) is 0 Å². The molecule has 160 valence electrons. The summed E-state index contributed by atoms with van der Waals surface area (Å²) in [6.07, 6.45) is 0.883. The average molecular weight is 408 g/mol. The summed E-state index contributed by atoms with van der Waals surface area (Å²) in [6, 6.07) is 4.19. The van der Waals surface area contributed by atoms with Crippen molar-refractivity contribution in [3.8, 4) is 5.75 Å². The van der Waals surface area contributed by atoms with Crippen LogP contribution in [0, 0.1) is 0 Å². The van der Waals surface area contributed by atoms with E-state index in [4.69, 9.17) is 37.9 Å². The summed E-state index contributed by atoms with van der Waals surface area (Å²) in [6.45, 7) is 6.88. The van der Waals surface area contributed by atoms with Gasteiger partial charge in [-0.15, -0.1) is 0 Å². The Bertz CT molecular complexity index is 640. The summed E-state index contributed by atoms with van der Waals surface area (Å²) in [5, 5.41) is 0. The van der Waals surface area contributed by atoms with Crippen LogP contribution in [0.5, 0.6) is 5.75 Å². The molecule has 29 heavy (non-hydrogen) atoms. The van der Waals surface area contributed by atoms with Gasteiger partial charge in [0.1, 0.15) is 36.8 Å². The molecule has 0 aromatic heterocycles. The van der Waals surface area contributed by atoms with E-state index in [-0.39, 0.29) is 24.4 Å². The molecule has 0 radical (unpaired) electrons. The Kier molecular flexibility index (Phi) is 6.29. The first kappa shape index (κ1) is 19.7. The standard InChI is InChI=1S/C21H28O8/c1-14(3-22-6-17-9-25-17)2-16(5-24-8-19-11-27-19)21(29-13-20-12-28-20)15(1)4-23-7-18-10-26-18/h1-2,17-20H,3-13H2. The molecule has 5 rings (SSSR count). The Labute approximate surface area is 170 Å². The second-order valence-corrected chi connectivity index (χ2v) is 7.92. The predicted molar refractivity (Wildman–Crippen MR) is 99.9 cm³/mol. The van der Waals surface area contributed by atoms with Gasteiger partial charge in [0.15, 0.2) is 0 Å². The Hall–Kier alpha value is -1.26. The normalized spacial score (nSPS) is 29.0. The second kappa shape index (κ2) is 9.26. The molecule has 4 aliphatic rings. The highest BCUT2D eigenvalue weighted by atomic mass is 16.6. The van der Waals surface area contributed by atoms with Crippen molar-refractivity contribution < 1.29 is 37.9 Å². The zero-order chi connectivity index (χ0) is 19.5. The number of rotatable bonds is 15. The molecule has 1 aromatic carbocycles. The zero-order valence-electron chi connectivity index (χ0n) is 16.5. The first-order valence-corrected chi connectivity index (χ1v) is 10.3. The number of epoxide rings is 4. The quantitative estimate of drug-likeness (QED) is 0.400. The molecule has 4 unspecified atom stereocenters. The van der Waals surface area contributed by atoms with Gasteiger partial charge in [-0.3, -0.25) is 0 Å². The van der Waals surface area contributed by atoms with Crippen LogP contribution in [0.15, 0.2) is 12.1 Å². The van der Waals surface area contributed by atoms with E-state index < -0.39 is 0 Å². The summed E-state index contributed by atoms with van der Waals surface area (Å²) in [4.78, 5) is 0. The molecule has 1 aromatic rings. The lowest BCUT2D eigenvalue weighted by Crippen LogP contribution is -2.12. The van der Waals surface area contributed by atoms with E-state index in [0.29, 0.717) is 46.2 Å². The second-order valence-electron chi connectivity index (χ2n) is 7.92. The minimum absolute atomic E-state index is 0.179. The van der Waals surface area contributed by atoms with Gasteiger partial charge in [0.05, 0.1) is 66.1 Å². The maximum atomic E-state index is 6.14. The van der Waals surface area contributed by atoms with Crippen LogP contribution < -0.4 is 4.74 Å². The minimum atomic E-state index is 0.179. The molecule has 4 saturated heterocycles. The Morgan fingerprint density at radius 3 is 1.48 bits per heavy atom. The molecule has 0 bridgehead atoms. The summed E-state index contributed by atoms with van der Waals surface area (Å²) in [5.74, 6) is 0.822. The van der Waals surface area contributed by atoms with E-state index in [2.05, 4.69) is 12.1 Å². The Morgan fingerprint density at radius 2 is 1.03 bits per heavy atom. The lowest BCUT2D eigenvalue weighted by molar-refractivity contribution is 0.0932. The number of hydrogen-bond donors (Lipinski definition) is 0. The molecule has 0 saturated carbocycles. The smallest absolute Gasteiger partial charge is 0.130 e. The molecule has 0 N–H and O–H groups in total. The van der Waals surface area contributed by atoms with Crippen LogP contribution in [0.1, 0.15) is 16.7 Å². The molecular weight excluding hydrogens is 380 g/mol. The van der Waals surface area contributed by atoms with Gasteiger partial charge in [-0.25, -0.2) is 0 Å². The zero-order valence-corrected chi connectivity index (χ0v) is 16.5. The number of benzene rings is 1. The topological polar surface area (TPSA) is 87.0 Å². The third-order valence-corrected chi connectivity index (χ3v) is 5.02. The molecule has 4 heterocycles. The molecule has 0 aliphatic carbocycles. The third kappa shape index (κ3) is 6.62. The largest absolute Gasteiger partial charge is 0.490 e. The van der Waals surface area contributed by atoms with Crippen molar-refractivity contribution in [3.05, 3.63) is 28.8 Å². The van der Waals surface area contributed by atoms with Crippen LogP contribution in [-0.4, -0.2) is 77.3 Å². The van der Waals surface area contributed by atoms with Crippen LogP contribution in [-0.2, 0) is 53.0 Å². The van der Waals surface area contributed by atoms with Gasteiger partial charge in [0.25, 0.3) is 0 Å². The van der Waals surface area contributed by atoms with Gasteiger partial charge in [-0.05, 0) is 17.7 Å². The third-order valence-electron chi connectivity index (χ3n) is 5.02. The molecule has 8 nitrogen and oxygen atoms in total. The van der Waals surface area contributed by atoms with Crippen molar-refractivity contribution in [2.75, 3.05) is 52.9 Å². The van der Waals surface area contributed by atoms with E-state index in [1.807, 2.05) is 0 Å². The van der Waals surface area contributed by atoms with Crippen molar-refractivity contribution in [2.45, 2.75) is 44.2 Å². The predicted octanol–water partition coefficient (Wildman–Crippen LogP) is 1.21. The summed E-state index contributed by atoms with van der Waals surface area (Å²) in [5.41, 5.74) is 3.07. The van der Waals surface area contributed by atoms with Crippen molar-refractivity contribution in [1.29, 1.82) is 0 Å². The van der Waals surface area contributed by atoms with Crippen LogP contribution in [0.4, 0.5) is 0 Å². The van der Waals surface area contributed by atoms with Crippen LogP contribution in [0.2, 0.25) is 0 Å². The van der Waals surface area contributed by atoms with Crippen LogP contribution in [0.3, 0.4) is 0 Å². The van der Waals surface area contributed by atoms with Crippen molar-refractivity contribution >= 4 is 0 Å². The first-order valence-electron chi connectivity index (χ1n) is 10.3. The molecule has 0 amide bonds.